The third-order valence-corrected chi connectivity index (χ3v) is 5.84. The summed E-state index contributed by atoms with van der Waals surface area (Å²) in [7, 11) is 0. The van der Waals surface area contributed by atoms with Crippen molar-refractivity contribution in [2.24, 2.45) is 4.99 Å². The number of carbonyl (C=O) groups is 1. The van der Waals surface area contributed by atoms with Crippen molar-refractivity contribution in [1.82, 2.24) is 0 Å². The van der Waals surface area contributed by atoms with Crippen LogP contribution in [0, 0.1) is 6.92 Å². The molecule has 1 heterocycles. The predicted octanol–water partition coefficient (Wildman–Crippen LogP) is 6.73. The lowest BCUT2D eigenvalue weighted by Gasteiger charge is -2.14. The van der Waals surface area contributed by atoms with Crippen molar-refractivity contribution in [2.75, 3.05) is 6.61 Å². The molecule has 1 aliphatic heterocycles. The van der Waals surface area contributed by atoms with Crippen LogP contribution in [0.2, 0.25) is 5.02 Å². The normalized spacial score (nSPS) is 14.2. The van der Waals surface area contributed by atoms with E-state index in [1.54, 1.807) is 18.2 Å². The minimum atomic E-state index is -0.533. The van der Waals surface area contributed by atoms with Gasteiger partial charge in [0.15, 0.2) is 17.2 Å². The maximum atomic E-state index is 12.4. The summed E-state index contributed by atoms with van der Waals surface area (Å²) in [6.07, 6.45) is 1.62. The lowest BCUT2D eigenvalue weighted by molar-refractivity contribution is -0.129. The van der Waals surface area contributed by atoms with Gasteiger partial charge < -0.3 is 14.2 Å². The highest BCUT2D eigenvalue weighted by molar-refractivity contribution is 9.10. The number of hydrogen-bond acceptors (Lipinski definition) is 5. The Morgan fingerprint density at radius 2 is 1.85 bits per heavy atom. The lowest BCUT2D eigenvalue weighted by atomic mass is 10.1. The van der Waals surface area contributed by atoms with Crippen molar-refractivity contribution < 1.29 is 19.0 Å². The van der Waals surface area contributed by atoms with E-state index in [0.29, 0.717) is 40.9 Å². The van der Waals surface area contributed by atoms with Crippen LogP contribution in [-0.4, -0.2) is 18.5 Å². The largest absolute Gasteiger partial charge is 0.490 e. The van der Waals surface area contributed by atoms with Crippen molar-refractivity contribution in [3.63, 3.8) is 0 Å². The van der Waals surface area contributed by atoms with Crippen LogP contribution in [0.5, 0.6) is 11.5 Å². The van der Waals surface area contributed by atoms with E-state index in [2.05, 4.69) is 20.9 Å². The van der Waals surface area contributed by atoms with Gasteiger partial charge in [-0.2, -0.15) is 0 Å². The summed E-state index contributed by atoms with van der Waals surface area (Å²) in [6.45, 7) is 4.70. The molecular formula is C26H21BrClNO4. The van der Waals surface area contributed by atoms with Crippen LogP contribution < -0.4 is 9.47 Å². The Kier molecular flexibility index (Phi) is 7.16. The average Bonchev–Trinajstić information content (AvgIpc) is 3.15. The van der Waals surface area contributed by atoms with Gasteiger partial charge in [-0.1, -0.05) is 53.6 Å². The Labute approximate surface area is 205 Å². The highest BCUT2D eigenvalue weighted by Gasteiger charge is 2.25. The molecule has 7 heteroatoms. The third kappa shape index (κ3) is 5.46. The molecule has 0 N–H and O–H groups in total. The molecule has 33 heavy (non-hydrogen) atoms. The summed E-state index contributed by atoms with van der Waals surface area (Å²) in [5.74, 6) is 0.653. The van der Waals surface area contributed by atoms with Crippen LogP contribution in [0.25, 0.3) is 6.08 Å². The van der Waals surface area contributed by atoms with Crippen molar-refractivity contribution in [1.29, 1.82) is 0 Å². The lowest BCUT2D eigenvalue weighted by Crippen LogP contribution is -2.05. The summed E-state index contributed by atoms with van der Waals surface area (Å²) < 4.78 is 17.9. The van der Waals surface area contributed by atoms with Gasteiger partial charge in [-0.15, -0.1) is 0 Å². The van der Waals surface area contributed by atoms with Gasteiger partial charge in [0.25, 0.3) is 0 Å². The second kappa shape index (κ2) is 10.2. The van der Waals surface area contributed by atoms with Crippen molar-refractivity contribution in [3.05, 3.63) is 98.1 Å². The van der Waals surface area contributed by atoms with Gasteiger partial charge in [-0.05, 0) is 71.2 Å². The minimum absolute atomic E-state index is 0.174. The molecular weight excluding hydrogens is 506 g/mol. The number of rotatable bonds is 7. The minimum Gasteiger partial charge on any atom is -0.490 e. The van der Waals surface area contributed by atoms with Crippen LogP contribution in [0.4, 0.5) is 0 Å². The quantitative estimate of drug-likeness (QED) is 0.253. The number of nitrogens with zero attached hydrogens (tertiary/aromatic N) is 1. The zero-order valence-corrected chi connectivity index (χ0v) is 20.4. The van der Waals surface area contributed by atoms with E-state index < -0.39 is 5.97 Å². The van der Waals surface area contributed by atoms with Crippen LogP contribution in [0.1, 0.15) is 29.2 Å². The van der Waals surface area contributed by atoms with Crippen molar-refractivity contribution in [2.45, 2.75) is 20.5 Å². The van der Waals surface area contributed by atoms with Crippen LogP contribution in [0.15, 0.2) is 75.8 Å². The molecule has 0 aliphatic carbocycles. The molecule has 4 rings (SSSR count). The fraction of sp³-hybridized carbons (Fsp3) is 0.154. The molecule has 0 saturated heterocycles. The number of hydrogen-bond donors (Lipinski definition) is 0. The number of aryl methyl sites for hydroxylation is 1. The van der Waals surface area contributed by atoms with E-state index >= 15 is 0 Å². The molecule has 3 aromatic rings. The molecule has 0 radical (unpaired) electrons. The first kappa shape index (κ1) is 23.1. The molecule has 1 aliphatic rings. The van der Waals surface area contributed by atoms with E-state index in [4.69, 9.17) is 25.8 Å². The van der Waals surface area contributed by atoms with Gasteiger partial charge in [-0.3, -0.25) is 0 Å². The molecule has 0 saturated carbocycles. The number of carbonyl (C=O) groups excluding carboxylic acids is 1. The smallest absolute Gasteiger partial charge is 0.363 e. The zero-order valence-electron chi connectivity index (χ0n) is 18.1. The topological polar surface area (TPSA) is 57.1 Å². The Bertz CT molecular complexity index is 1250. The SMILES string of the molecule is CCOc1cc(/C=C2/N=C(c3ccccc3Br)OC2=O)cc(Cl)c1OCc1ccc(C)cc1. The highest BCUT2D eigenvalue weighted by atomic mass is 79.9. The summed E-state index contributed by atoms with van der Waals surface area (Å²) in [5, 5.41) is 0.376. The van der Waals surface area contributed by atoms with E-state index in [1.165, 1.54) is 5.56 Å². The molecule has 168 valence electrons. The van der Waals surface area contributed by atoms with Gasteiger partial charge >= 0.3 is 5.97 Å². The maximum Gasteiger partial charge on any atom is 0.363 e. The van der Waals surface area contributed by atoms with Crippen molar-refractivity contribution in [3.8, 4) is 11.5 Å². The molecule has 0 aromatic heterocycles. The predicted molar refractivity (Wildman–Crippen MR) is 133 cm³/mol. The van der Waals surface area contributed by atoms with E-state index in [0.717, 1.165) is 10.0 Å². The molecule has 5 nitrogen and oxygen atoms in total. The molecule has 3 aromatic carbocycles. The summed E-state index contributed by atoms with van der Waals surface area (Å²) in [6, 6.07) is 19.0. The Hall–Kier alpha value is -3.09. The monoisotopic (exact) mass is 525 g/mol. The molecule has 0 fully saturated rings. The summed E-state index contributed by atoms with van der Waals surface area (Å²) in [5.41, 5.74) is 3.72. The van der Waals surface area contributed by atoms with Gasteiger partial charge in [0, 0.05) is 4.47 Å². The van der Waals surface area contributed by atoms with E-state index in [9.17, 15) is 4.79 Å². The Morgan fingerprint density at radius 1 is 1.09 bits per heavy atom. The van der Waals surface area contributed by atoms with Crippen molar-refractivity contribution >= 4 is 45.5 Å². The molecule has 0 spiro atoms. The number of esters is 1. The number of benzene rings is 3. The van der Waals surface area contributed by atoms with Gasteiger partial charge in [0.05, 0.1) is 17.2 Å². The van der Waals surface area contributed by atoms with E-state index in [-0.39, 0.29) is 11.6 Å². The fourth-order valence-corrected chi connectivity index (χ4v) is 3.96. The standard InChI is InChI=1S/C26H21BrClNO4/c1-3-31-23-14-18(12-21(28)24(23)32-15-17-10-8-16(2)9-11-17)13-22-26(30)33-25(29-22)19-6-4-5-7-20(19)27/h4-14H,3,15H2,1-2H3/b22-13+. The summed E-state index contributed by atoms with van der Waals surface area (Å²) in [4.78, 5) is 16.8. The summed E-state index contributed by atoms with van der Waals surface area (Å²) >= 11 is 9.99. The number of ether oxygens (including phenoxy) is 3. The molecule has 0 amide bonds. The fourth-order valence-electron chi connectivity index (χ4n) is 3.23. The first-order chi connectivity index (χ1) is 15.9. The number of aliphatic imine (C=N–C) groups is 1. The second-order valence-electron chi connectivity index (χ2n) is 7.35. The second-order valence-corrected chi connectivity index (χ2v) is 8.61. The Morgan fingerprint density at radius 3 is 2.58 bits per heavy atom. The highest BCUT2D eigenvalue weighted by Crippen LogP contribution is 2.38. The van der Waals surface area contributed by atoms with Crippen LogP contribution in [0.3, 0.4) is 0 Å². The molecule has 0 bridgehead atoms. The Balaban J connectivity index is 1.61. The first-order valence-electron chi connectivity index (χ1n) is 10.4. The van der Waals surface area contributed by atoms with Crippen LogP contribution in [-0.2, 0) is 16.1 Å². The third-order valence-electron chi connectivity index (χ3n) is 4.86. The zero-order chi connectivity index (χ0) is 23.4. The molecule has 0 atom stereocenters. The van der Waals surface area contributed by atoms with Gasteiger partial charge in [0.2, 0.25) is 5.90 Å². The average molecular weight is 527 g/mol. The maximum absolute atomic E-state index is 12.4. The number of cyclic esters (lactones) is 1. The van der Waals surface area contributed by atoms with Crippen LogP contribution >= 0.6 is 27.5 Å². The molecule has 0 unspecified atom stereocenters. The number of halogens is 2. The van der Waals surface area contributed by atoms with E-state index in [1.807, 2.05) is 62.4 Å². The first-order valence-corrected chi connectivity index (χ1v) is 11.5. The van der Waals surface area contributed by atoms with Gasteiger partial charge in [-0.25, -0.2) is 9.79 Å². The van der Waals surface area contributed by atoms with Gasteiger partial charge in [0.1, 0.15) is 6.61 Å².